The van der Waals surface area contributed by atoms with Gasteiger partial charge in [0.1, 0.15) is 16.9 Å². The first-order chi connectivity index (χ1) is 18.1. The van der Waals surface area contributed by atoms with Gasteiger partial charge in [-0.25, -0.2) is 9.37 Å². The van der Waals surface area contributed by atoms with Crippen LogP contribution in [0.1, 0.15) is 0 Å². The minimum atomic E-state index is -0.535. The fourth-order valence-electron chi connectivity index (χ4n) is 4.76. The summed E-state index contributed by atoms with van der Waals surface area (Å²) in [6.45, 7) is 2.73. The Bertz CT molecular complexity index is 1660. The molecule has 0 spiro atoms. The first-order valence-corrected chi connectivity index (χ1v) is 13.1. The number of aromatic nitrogens is 3. The minimum Gasteiger partial charge on any atom is -0.368 e. The fraction of sp³-hybridized carbons (Fsp3) is 0.179. The number of thioether (sulfide) groups is 1. The van der Waals surface area contributed by atoms with Crippen molar-refractivity contribution in [3.05, 3.63) is 95.0 Å². The molecule has 0 bridgehead atoms. The van der Waals surface area contributed by atoms with Crippen LogP contribution >= 0.6 is 11.8 Å². The molecule has 1 aliphatic heterocycles. The van der Waals surface area contributed by atoms with E-state index < -0.39 is 11.4 Å². The van der Waals surface area contributed by atoms with Crippen molar-refractivity contribution in [1.82, 2.24) is 19.4 Å². The topological polar surface area (TPSA) is 74.2 Å². The summed E-state index contributed by atoms with van der Waals surface area (Å²) in [4.78, 5) is 38.7. The number of hydrogen-bond donors (Lipinski definition) is 1. The summed E-state index contributed by atoms with van der Waals surface area (Å²) in [5.41, 5.74) is 2.44. The van der Waals surface area contributed by atoms with Crippen LogP contribution < -0.4 is 10.5 Å². The highest BCUT2D eigenvalue weighted by molar-refractivity contribution is 7.99. The Labute approximate surface area is 216 Å². The van der Waals surface area contributed by atoms with Gasteiger partial charge in [0.05, 0.1) is 11.4 Å². The summed E-state index contributed by atoms with van der Waals surface area (Å²) in [5, 5.41) is 1.09. The third kappa shape index (κ3) is 4.35. The van der Waals surface area contributed by atoms with Crippen molar-refractivity contribution in [3.8, 4) is 5.69 Å². The van der Waals surface area contributed by atoms with Gasteiger partial charge < -0.3 is 14.8 Å². The van der Waals surface area contributed by atoms with Crippen molar-refractivity contribution in [2.45, 2.75) is 5.16 Å². The van der Waals surface area contributed by atoms with Crippen LogP contribution in [-0.2, 0) is 4.79 Å². The molecule has 3 heterocycles. The molecule has 9 heteroatoms. The van der Waals surface area contributed by atoms with Crippen LogP contribution in [0, 0.1) is 5.82 Å². The van der Waals surface area contributed by atoms with E-state index in [4.69, 9.17) is 4.98 Å². The summed E-state index contributed by atoms with van der Waals surface area (Å²) in [5.74, 6) is -0.474. The average Bonchev–Trinajstić information content (AvgIpc) is 3.32. The zero-order chi connectivity index (χ0) is 25.4. The monoisotopic (exact) mass is 513 g/mol. The van der Waals surface area contributed by atoms with Gasteiger partial charge >= 0.3 is 0 Å². The molecule has 1 amide bonds. The predicted octanol–water partition coefficient (Wildman–Crippen LogP) is 4.45. The van der Waals surface area contributed by atoms with E-state index in [2.05, 4.69) is 22.0 Å². The second-order valence-corrected chi connectivity index (χ2v) is 9.82. The van der Waals surface area contributed by atoms with Gasteiger partial charge in [0.25, 0.3) is 5.56 Å². The highest BCUT2D eigenvalue weighted by atomic mass is 32.2. The Balaban J connectivity index is 1.29. The van der Waals surface area contributed by atoms with Crippen LogP contribution in [0.4, 0.5) is 10.1 Å². The third-order valence-corrected chi connectivity index (χ3v) is 7.59. The maximum atomic E-state index is 14.8. The molecule has 3 aromatic carbocycles. The molecule has 2 aromatic heterocycles. The fourth-order valence-corrected chi connectivity index (χ4v) is 5.66. The number of fused-ring (bicyclic) bond motifs is 3. The van der Waals surface area contributed by atoms with Crippen molar-refractivity contribution in [1.29, 1.82) is 0 Å². The zero-order valence-electron chi connectivity index (χ0n) is 19.9. The molecule has 0 aliphatic carbocycles. The highest BCUT2D eigenvalue weighted by Gasteiger charge is 2.24. The minimum absolute atomic E-state index is 0.0360. The number of piperazine rings is 1. The standard InChI is InChI=1S/C28H24FN5O2S/c29-21-11-5-7-13-23(21)34-27(36)26-25(20-10-4-6-12-22(20)30-26)31-28(34)37-18-24(35)33-16-14-32(15-17-33)19-8-2-1-3-9-19/h1-13,30H,14-18H2. The van der Waals surface area contributed by atoms with Crippen molar-refractivity contribution in [3.63, 3.8) is 0 Å². The Kier molecular flexibility index (Phi) is 6.13. The van der Waals surface area contributed by atoms with E-state index in [1.165, 1.54) is 10.6 Å². The number of nitrogens with one attached hydrogen (secondary N) is 1. The van der Waals surface area contributed by atoms with E-state index in [9.17, 15) is 14.0 Å². The molecule has 0 atom stereocenters. The second-order valence-electron chi connectivity index (χ2n) is 8.87. The largest absolute Gasteiger partial charge is 0.368 e. The van der Waals surface area contributed by atoms with Gasteiger partial charge in [-0.3, -0.25) is 14.2 Å². The van der Waals surface area contributed by atoms with Gasteiger partial charge in [0.15, 0.2) is 5.16 Å². The first kappa shape index (κ1) is 23.3. The van der Waals surface area contributed by atoms with E-state index in [1.807, 2.05) is 47.4 Å². The quantitative estimate of drug-likeness (QED) is 0.278. The van der Waals surface area contributed by atoms with E-state index >= 15 is 0 Å². The highest BCUT2D eigenvalue weighted by Crippen LogP contribution is 2.27. The molecule has 186 valence electrons. The molecule has 37 heavy (non-hydrogen) atoms. The van der Waals surface area contributed by atoms with Crippen LogP contribution in [0.15, 0.2) is 88.8 Å². The summed E-state index contributed by atoms with van der Waals surface area (Å²) in [6.07, 6.45) is 0. The number of nitrogens with zero attached hydrogens (tertiary/aromatic N) is 4. The number of hydrogen-bond acceptors (Lipinski definition) is 5. The summed E-state index contributed by atoms with van der Waals surface area (Å²) in [7, 11) is 0. The lowest BCUT2D eigenvalue weighted by atomic mass is 10.2. The molecule has 0 saturated carbocycles. The SMILES string of the molecule is O=C(CSc1nc2c([nH]c3ccccc32)c(=O)n1-c1ccccc1F)N1CCN(c2ccccc2)CC1. The predicted molar refractivity (Wildman–Crippen MR) is 145 cm³/mol. The maximum absolute atomic E-state index is 14.8. The van der Waals surface area contributed by atoms with Crippen molar-refractivity contribution < 1.29 is 9.18 Å². The summed E-state index contributed by atoms with van der Waals surface area (Å²) in [6, 6.07) is 23.8. The molecule has 6 rings (SSSR count). The van der Waals surface area contributed by atoms with Gasteiger partial charge in [-0.15, -0.1) is 0 Å². The van der Waals surface area contributed by atoms with E-state index in [0.717, 1.165) is 41.4 Å². The van der Waals surface area contributed by atoms with Crippen LogP contribution in [0.2, 0.25) is 0 Å². The van der Waals surface area contributed by atoms with Gasteiger partial charge in [0, 0.05) is 42.8 Å². The summed E-state index contributed by atoms with van der Waals surface area (Å²) < 4.78 is 16.1. The smallest absolute Gasteiger partial charge is 0.283 e. The number of aromatic amines is 1. The average molecular weight is 514 g/mol. The van der Waals surface area contributed by atoms with E-state index in [0.29, 0.717) is 24.1 Å². The Morgan fingerprint density at radius 3 is 2.41 bits per heavy atom. The number of carbonyl (C=O) groups is 1. The van der Waals surface area contributed by atoms with E-state index in [-0.39, 0.29) is 22.5 Å². The van der Waals surface area contributed by atoms with Gasteiger partial charge in [-0.2, -0.15) is 0 Å². The molecule has 0 radical (unpaired) electrons. The number of anilines is 1. The van der Waals surface area contributed by atoms with Gasteiger partial charge in [-0.05, 0) is 30.3 Å². The van der Waals surface area contributed by atoms with Crippen molar-refractivity contribution in [2.75, 3.05) is 36.8 Å². The second kappa shape index (κ2) is 9.74. The molecule has 5 aromatic rings. The first-order valence-electron chi connectivity index (χ1n) is 12.1. The summed E-state index contributed by atoms with van der Waals surface area (Å²) >= 11 is 1.16. The number of H-pyrrole nitrogens is 1. The lowest BCUT2D eigenvalue weighted by Crippen LogP contribution is -2.49. The number of halogens is 1. The van der Waals surface area contributed by atoms with Crippen molar-refractivity contribution >= 4 is 45.3 Å². The zero-order valence-corrected chi connectivity index (χ0v) is 20.7. The maximum Gasteiger partial charge on any atom is 0.283 e. The molecule has 7 nitrogen and oxygen atoms in total. The number of amides is 1. The molecular weight excluding hydrogens is 489 g/mol. The molecule has 1 aliphatic rings. The lowest BCUT2D eigenvalue weighted by molar-refractivity contribution is -0.128. The molecule has 1 saturated heterocycles. The molecule has 1 fully saturated rings. The van der Waals surface area contributed by atoms with Crippen molar-refractivity contribution in [2.24, 2.45) is 0 Å². The van der Waals surface area contributed by atoms with Crippen LogP contribution in [0.5, 0.6) is 0 Å². The number of carbonyl (C=O) groups excluding carboxylic acids is 1. The molecular formula is C28H24FN5O2S. The molecule has 1 N–H and O–H groups in total. The van der Waals surface area contributed by atoms with Gasteiger partial charge in [0.2, 0.25) is 5.91 Å². The Morgan fingerprint density at radius 2 is 1.62 bits per heavy atom. The number of rotatable bonds is 5. The molecule has 0 unspecified atom stereocenters. The van der Waals surface area contributed by atoms with Crippen LogP contribution in [0.25, 0.3) is 27.6 Å². The van der Waals surface area contributed by atoms with E-state index in [1.54, 1.807) is 18.2 Å². The Hall–Kier alpha value is -4.11. The number of para-hydroxylation sites is 3. The third-order valence-electron chi connectivity index (χ3n) is 6.67. The van der Waals surface area contributed by atoms with Crippen LogP contribution in [0.3, 0.4) is 0 Å². The van der Waals surface area contributed by atoms with Gasteiger partial charge in [-0.1, -0.05) is 60.3 Å². The normalized spacial score (nSPS) is 14.0. The number of benzene rings is 3. The van der Waals surface area contributed by atoms with Crippen LogP contribution in [-0.4, -0.2) is 57.3 Å². The lowest BCUT2D eigenvalue weighted by Gasteiger charge is -2.36. The Morgan fingerprint density at radius 1 is 0.919 bits per heavy atom.